The second-order valence-corrected chi connectivity index (χ2v) is 2.78. The minimum absolute atomic E-state index is 0.385. The molecule has 0 fully saturated rings. The molecule has 0 amide bonds. The van der Waals surface area contributed by atoms with Gasteiger partial charge < -0.3 is 10.6 Å². The van der Waals surface area contributed by atoms with Gasteiger partial charge in [-0.3, -0.25) is 0 Å². The van der Waals surface area contributed by atoms with Gasteiger partial charge >= 0.3 is 5.97 Å². The first-order chi connectivity index (χ1) is 6.11. The van der Waals surface area contributed by atoms with Gasteiger partial charge in [-0.1, -0.05) is 12.1 Å². The molecule has 0 spiro atoms. The monoisotopic (exact) mass is 180 g/mol. The van der Waals surface area contributed by atoms with Gasteiger partial charge in [-0.2, -0.15) is 0 Å². The molecule has 4 heteroatoms. The summed E-state index contributed by atoms with van der Waals surface area (Å²) in [6, 6.07) is 6.79. The van der Waals surface area contributed by atoms with E-state index in [1.54, 1.807) is 38.4 Å². The smallest absolute Gasteiger partial charge is 0.359 e. The van der Waals surface area contributed by atoms with Gasteiger partial charge in [-0.25, -0.2) is 4.79 Å². The highest BCUT2D eigenvalue weighted by atomic mass is 16.7. The molecule has 0 atom stereocenters. The number of carbonyl (C=O) groups excluding carboxylic acids is 1. The molecular formula is C9H12N2O2. The third kappa shape index (κ3) is 2.45. The Morgan fingerprint density at radius 1 is 1.38 bits per heavy atom. The Balaban J connectivity index is 2.83. The van der Waals surface area contributed by atoms with Crippen molar-refractivity contribution >= 4 is 11.7 Å². The largest absolute Gasteiger partial charge is 0.398 e. The number of nitrogens with zero attached hydrogens (tertiary/aromatic N) is 1. The molecule has 1 rings (SSSR count). The van der Waals surface area contributed by atoms with Crippen LogP contribution in [0.3, 0.4) is 0 Å². The fourth-order valence-electron chi connectivity index (χ4n) is 0.898. The van der Waals surface area contributed by atoms with E-state index in [0.29, 0.717) is 11.3 Å². The molecule has 0 aliphatic heterocycles. The molecule has 0 aromatic heterocycles. The van der Waals surface area contributed by atoms with Gasteiger partial charge in [0.2, 0.25) is 0 Å². The molecule has 0 heterocycles. The van der Waals surface area contributed by atoms with E-state index in [1.807, 2.05) is 0 Å². The maximum absolute atomic E-state index is 11.3. The Morgan fingerprint density at radius 3 is 2.54 bits per heavy atom. The summed E-state index contributed by atoms with van der Waals surface area (Å²) in [6.45, 7) is 0. The lowest BCUT2D eigenvalue weighted by atomic mass is 10.2. The van der Waals surface area contributed by atoms with Gasteiger partial charge in [0.1, 0.15) is 0 Å². The first kappa shape index (κ1) is 9.54. The molecule has 70 valence electrons. The normalized spacial score (nSPS) is 10.1. The molecule has 4 nitrogen and oxygen atoms in total. The zero-order valence-electron chi connectivity index (χ0n) is 7.65. The zero-order chi connectivity index (χ0) is 9.84. The number of hydrogen-bond acceptors (Lipinski definition) is 4. The van der Waals surface area contributed by atoms with E-state index in [0.717, 1.165) is 0 Å². The molecule has 0 bridgehead atoms. The summed E-state index contributed by atoms with van der Waals surface area (Å²) in [6.07, 6.45) is 0. The summed E-state index contributed by atoms with van der Waals surface area (Å²) in [5.41, 5.74) is 6.39. The van der Waals surface area contributed by atoms with Crippen molar-refractivity contribution in [3.63, 3.8) is 0 Å². The van der Waals surface area contributed by atoms with Gasteiger partial charge in [0, 0.05) is 19.8 Å². The van der Waals surface area contributed by atoms with Crippen molar-refractivity contribution < 1.29 is 9.63 Å². The number of anilines is 1. The van der Waals surface area contributed by atoms with Gasteiger partial charge in [0.05, 0.1) is 5.56 Å². The quantitative estimate of drug-likeness (QED) is 0.542. The Labute approximate surface area is 76.9 Å². The molecule has 2 N–H and O–H groups in total. The standard InChI is InChI=1S/C9H12N2O2/c1-11(2)13-9(12)7-5-3-4-6-8(7)10/h3-6H,10H2,1-2H3. The zero-order valence-corrected chi connectivity index (χ0v) is 7.65. The Kier molecular flexibility index (Phi) is 2.87. The van der Waals surface area contributed by atoms with E-state index in [1.165, 1.54) is 5.06 Å². The third-order valence-electron chi connectivity index (χ3n) is 1.45. The molecular weight excluding hydrogens is 168 g/mol. The predicted octanol–water partition coefficient (Wildman–Crippen LogP) is 0.902. The highest BCUT2D eigenvalue weighted by molar-refractivity contribution is 5.94. The number of nitrogen functional groups attached to an aromatic ring is 1. The van der Waals surface area contributed by atoms with Crippen LogP contribution in [0.25, 0.3) is 0 Å². The van der Waals surface area contributed by atoms with E-state index >= 15 is 0 Å². The first-order valence-corrected chi connectivity index (χ1v) is 3.85. The summed E-state index contributed by atoms with van der Waals surface area (Å²) in [5, 5.41) is 1.33. The minimum Gasteiger partial charge on any atom is -0.398 e. The number of hydrogen-bond donors (Lipinski definition) is 1. The molecule has 0 saturated carbocycles. The average Bonchev–Trinajstić information content (AvgIpc) is 2.03. The van der Waals surface area contributed by atoms with Gasteiger partial charge in [0.15, 0.2) is 0 Å². The topological polar surface area (TPSA) is 55.6 Å². The van der Waals surface area contributed by atoms with Crippen molar-refractivity contribution in [3.05, 3.63) is 29.8 Å². The van der Waals surface area contributed by atoms with Crippen LogP contribution < -0.4 is 5.73 Å². The number of carbonyl (C=O) groups is 1. The van der Waals surface area contributed by atoms with Crippen LogP contribution in [0.1, 0.15) is 10.4 Å². The Hall–Kier alpha value is -1.55. The third-order valence-corrected chi connectivity index (χ3v) is 1.45. The number of rotatable bonds is 2. The summed E-state index contributed by atoms with van der Waals surface area (Å²) >= 11 is 0. The van der Waals surface area contributed by atoms with Crippen LogP contribution in [0.15, 0.2) is 24.3 Å². The van der Waals surface area contributed by atoms with Crippen LogP contribution >= 0.6 is 0 Å². The fraction of sp³-hybridized carbons (Fsp3) is 0.222. The molecule has 1 aromatic carbocycles. The van der Waals surface area contributed by atoms with E-state index in [2.05, 4.69) is 0 Å². The van der Waals surface area contributed by atoms with Gasteiger partial charge in [-0.05, 0) is 12.1 Å². The molecule has 1 aromatic rings. The maximum Gasteiger partial charge on any atom is 0.359 e. The molecule has 0 saturated heterocycles. The average molecular weight is 180 g/mol. The van der Waals surface area contributed by atoms with Crippen molar-refractivity contribution in [3.8, 4) is 0 Å². The second-order valence-electron chi connectivity index (χ2n) is 2.78. The van der Waals surface area contributed by atoms with E-state index in [4.69, 9.17) is 10.6 Å². The molecule has 0 radical (unpaired) electrons. The highest BCUT2D eigenvalue weighted by Gasteiger charge is 2.10. The van der Waals surface area contributed by atoms with Crippen molar-refractivity contribution in [2.75, 3.05) is 19.8 Å². The summed E-state index contributed by atoms with van der Waals surface area (Å²) in [7, 11) is 3.27. The van der Waals surface area contributed by atoms with Crippen LogP contribution in [0.5, 0.6) is 0 Å². The minimum atomic E-state index is -0.442. The molecule has 13 heavy (non-hydrogen) atoms. The number of hydroxylamine groups is 2. The van der Waals surface area contributed by atoms with Crippen LogP contribution in [0.4, 0.5) is 5.69 Å². The van der Waals surface area contributed by atoms with E-state index < -0.39 is 5.97 Å². The maximum atomic E-state index is 11.3. The Bertz CT molecular complexity index is 310. The van der Waals surface area contributed by atoms with Gasteiger partial charge in [0.25, 0.3) is 0 Å². The van der Waals surface area contributed by atoms with Crippen molar-refractivity contribution in [2.24, 2.45) is 0 Å². The lowest BCUT2D eigenvalue weighted by molar-refractivity contribution is -0.0712. The SMILES string of the molecule is CN(C)OC(=O)c1ccccc1N. The Morgan fingerprint density at radius 2 is 2.00 bits per heavy atom. The van der Waals surface area contributed by atoms with Crippen molar-refractivity contribution in [1.29, 1.82) is 0 Å². The summed E-state index contributed by atoms with van der Waals surface area (Å²) < 4.78 is 0. The van der Waals surface area contributed by atoms with E-state index in [9.17, 15) is 4.79 Å². The van der Waals surface area contributed by atoms with Crippen LogP contribution in [0, 0.1) is 0 Å². The lowest BCUT2D eigenvalue weighted by Crippen LogP contribution is -2.19. The highest BCUT2D eigenvalue weighted by Crippen LogP contribution is 2.11. The number of nitrogens with two attached hydrogens (primary N) is 1. The number of para-hydroxylation sites is 1. The van der Waals surface area contributed by atoms with E-state index in [-0.39, 0.29) is 0 Å². The van der Waals surface area contributed by atoms with Crippen LogP contribution in [-0.4, -0.2) is 25.1 Å². The summed E-state index contributed by atoms with van der Waals surface area (Å²) in [5.74, 6) is -0.442. The number of benzene rings is 1. The molecule has 0 aliphatic carbocycles. The summed E-state index contributed by atoms with van der Waals surface area (Å²) in [4.78, 5) is 16.2. The molecule has 0 aliphatic rings. The van der Waals surface area contributed by atoms with Crippen LogP contribution in [0.2, 0.25) is 0 Å². The lowest BCUT2D eigenvalue weighted by Gasteiger charge is -2.10. The second kappa shape index (κ2) is 3.91. The molecule has 0 unspecified atom stereocenters. The van der Waals surface area contributed by atoms with Crippen molar-refractivity contribution in [2.45, 2.75) is 0 Å². The first-order valence-electron chi connectivity index (χ1n) is 3.85. The predicted molar refractivity (Wildman–Crippen MR) is 50.0 cm³/mol. The van der Waals surface area contributed by atoms with Crippen molar-refractivity contribution in [1.82, 2.24) is 5.06 Å². The fourth-order valence-corrected chi connectivity index (χ4v) is 0.898. The van der Waals surface area contributed by atoms with Gasteiger partial charge in [-0.15, -0.1) is 5.06 Å². The van der Waals surface area contributed by atoms with Crippen LogP contribution in [-0.2, 0) is 4.84 Å².